The Morgan fingerprint density at radius 3 is 2.50 bits per heavy atom. The van der Waals surface area contributed by atoms with Crippen LogP contribution in [0.4, 0.5) is 9.52 Å². The van der Waals surface area contributed by atoms with Crippen molar-refractivity contribution in [3.05, 3.63) is 88.2 Å². The van der Waals surface area contributed by atoms with Gasteiger partial charge in [0.05, 0.1) is 30.0 Å². The molecule has 1 aliphatic rings. The van der Waals surface area contributed by atoms with Gasteiger partial charge in [0.1, 0.15) is 29.1 Å². The van der Waals surface area contributed by atoms with Crippen LogP contribution in [-0.2, 0) is 9.59 Å². The Balaban J connectivity index is 1.78. The van der Waals surface area contributed by atoms with Crippen LogP contribution in [0.25, 0.3) is 16.0 Å². The molecule has 0 radical (unpaired) electrons. The van der Waals surface area contributed by atoms with Crippen molar-refractivity contribution in [1.82, 2.24) is 4.98 Å². The average Bonchev–Trinajstić information content (AvgIpc) is 3.41. The summed E-state index contributed by atoms with van der Waals surface area (Å²) < 4.78 is 25.2. The molecule has 1 fully saturated rings. The number of fused-ring (bicyclic) bond motifs is 1. The van der Waals surface area contributed by atoms with E-state index in [-0.39, 0.29) is 16.5 Å². The van der Waals surface area contributed by atoms with Crippen LogP contribution in [0, 0.1) is 5.82 Å². The smallest absolute Gasteiger partial charge is 0.301 e. The summed E-state index contributed by atoms with van der Waals surface area (Å²) in [5, 5.41) is 11.9. The Hall–Kier alpha value is -3.95. The molecule has 4 aromatic rings. The summed E-state index contributed by atoms with van der Waals surface area (Å²) in [5.74, 6) is -1.80. The second-order valence-electron chi connectivity index (χ2n) is 7.89. The van der Waals surface area contributed by atoms with Crippen LogP contribution in [-0.4, -0.2) is 36.0 Å². The minimum absolute atomic E-state index is 0.153. The van der Waals surface area contributed by atoms with E-state index < -0.39 is 23.5 Å². The highest BCUT2D eigenvalue weighted by Gasteiger charge is 2.49. The molecule has 182 valence electrons. The van der Waals surface area contributed by atoms with Gasteiger partial charge in [-0.15, -0.1) is 0 Å². The number of benzene rings is 3. The van der Waals surface area contributed by atoms with Crippen LogP contribution >= 0.6 is 22.9 Å². The normalized spacial score (nSPS) is 17.1. The standard InChI is InChI=1S/C26H18ClFN2O5S/c1-34-16-8-10-19(35-2)17(12-16)22-21(23(31)13-3-5-14(27)6-4-13)24(32)25(33)30(22)26-29-18-9-7-15(28)11-20(18)36-26/h3-12,22,31H,1-2H3/t22-/m1/s1. The number of carbonyl (C=O) groups is 2. The van der Waals surface area contributed by atoms with Crippen LogP contribution in [0.3, 0.4) is 0 Å². The second kappa shape index (κ2) is 9.25. The van der Waals surface area contributed by atoms with Crippen molar-refractivity contribution in [3.8, 4) is 11.5 Å². The summed E-state index contributed by atoms with van der Waals surface area (Å²) in [7, 11) is 2.94. The fourth-order valence-electron chi connectivity index (χ4n) is 4.13. The number of ether oxygens (including phenoxy) is 2. The molecule has 1 saturated heterocycles. The van der Waals surface area contributed by atoms with E-state index >= 15 is 0 Å². The molecule has 5 rings (SSSR count). The number of halogens is 2. The van der Waals surface area contributed by atoms with Crippen molar-refractivity contribution in [2.45, 2.75) is 6.04 Å². The molecule has 1 N–H and O–H groups in total. The number of methoxy groups -OCH3 is 2. The molecule has 1 atom stereocenters. The largest absolute Gasteiger partial charge is 0.507 e. The monoisotopic (exact) mass is 524 g/mol. The third-order valence-corrected chi connectivity index (χ3v) is 7.11. The molecule has 2 heterocycles. The van der Waals surface area contributed by atoms with Crippen molar-refractivity contribution in [2.24, 2.45) is 0 Å². The van der Waals surface area contributed by atoms with E-state index in [1.165, 1.54) is 37.3 Å². The zero-order chi connectivity index (χ0) is 25.6. The van der Waals surface area contributed by atoms with Gasteiger partial charge in [0.15, 0.2) is 5.13 Å². The van der Waals surface area contributed by atoms with Crippen LogP contribution in [0.5, 0.6) is 11.5 Å². The van der Waals surface area contributed by atoms with Crippen molar-refractivity contribution in [1.29, 1.82) is 0 Å². The second-order valence-corrected chi connectivity index (χ2v) is 9.34. The maximum absolute atomic E-state index is 13.8. The predicted octanol–water partition coefficient (Wildman–Crippen LogP) is 5.73. The number of hydrogen-bond donors (Lipinski definition) is 1. The van der Waals surface area contributed by atoms with E-state index in [0.29, 0.717) is 37.9 Å². The molecule has 0 aliphatic carbocycles. The summed E-state index contributed by atoms with van der Waals surface area (Å²) >= 11 is 7.04. The lowest BCUT2D eigenvalue weighted by molar-refractivity contribution is -0.132. The number of rotatable bonds is 5. The number of ketones is 1. The number of Topliss-reactive ketones (excluding diaryl/α,β-unsaturated/α-hetero) is 1. The highest BCUT2D eigenvalue weighted by atomic mass is 35.5. The van der Waals surface area contributed by atoms with E-state index in [9.17, 15) is 19.1 Å². The number of aliphatic hydroxyl groups is 1. The van der Waals surface area contributed by atoms with Gasteiger partial charge in [0.25, 0.3) is 5.78 Å². The average molecular weight is 525 g/mol. The minimum atomic E-state index is -1.10. The van der Waals surface area contributed by atoms with Crippen LogP contribution in [0.2, 0.25) is 5.02 Å². The van der Waals surface area contributed by atoms with Crippen molar-refractivity contribution in [2.75, 3.05) is 19.1 Å². The van der Waals surface area contributed by atoms with Crippen LogP contribution in [0.1, 0.15) is 17.2 Å². The lowest BCUT2D eigenvalue weighted by atomic mass is 9.94. The van der Waals surface area contributed by atoms with E-state index in [1.807, 2.05) is 0 Å². The Morgan fingerprint density at radius 2 is 1.81 bits per heavy atom. The molecule has 10 heteroatoms. The summed E-state index contributed by atoms with van der Waals surface area (Å²) in [5.41, 5.74) is 1.01. The van der Waals surface area contributed by atoms with Gasteiger partial charge in [-0.1, -0.05) is 22.9 Å². The molecule has 0 spiro atoms. The maximum atomic E-state index is 13.8. The van der Waals surface area contributed by atoms with Gasteiger partial charge >= 0.3 is 5.91 Å². The van der Waals surface area contributed by atoms with Crippen LogP contribution < -0.4 is 14.4 Å². The van der Waals surface area contributed by atoms with Gasteiger partial charge in [-0.2, -0.15) is 0 Å². The Kier molecular flexibility index (Phi) is 6.11. The molecular weight excluding hydrogens is 507 g/mol. The van der Waals surface area contributed by atoms with E-state index in [1.54, 1.807) is 42.5 Å². The first-order valence-electron chi connectivity index (χ1n) is 10.7. The summed E-state index contributed by atoms with van der Waals surface area (Å²) in [6.07, 6.45) is 0. The van der Waals surface area contributed by atoms with E-state index in [2.05, 4.69) is 4.98 Å². The number of aliphatic hydroxyl groups excluding tert-OH is 1. The molecule has 0 saturated carbocycles. The lowest BCUT2D eigenvalue weighted by Crippen LogP contribution is -2.29. The molecule has 1 amide bonds. The molecule has 3 aromatic carbocycles. The maximum Gasteiger partial charge on any atom is 0.301 e. The highest BCUT2D eigenvalue weighted by Crippen LogP contribution is 2.47. The molecule has 0 unspecified atom stereocenters. The molecule has 0 bridgehead atoms. The number of aromatic nitrogens is 1. The first-order chi connectivity index (χ1) is 17.3. The van der Waals surface area contributed by atoms with Gasteiger partial charge in [0, 0.05) is 16.1 Å². The zero-order valence-electron chi connectivity index (χ0n) is 19.0. The lowest BCUT2D eigenvalue weighted by Gasteiger charge is -2.25. The summed E-state index contributed by atoms with van der Waals surface area (Å²) in [6.45, 7) is 0. The van der Waals surface area contributed by atoms with Gasteiger partial charge in [-0.3, -0.25) is 14.5 Å². The summed E-state index contributed by atoms with van der Waals surface area (Å²) in [6, 6.07) is 14.1. The third kappa shape index (κ3) is 3.96. The van der Waals surface area contributed by atoms with Crippen molar-refractivity contribution >= 4 is 55.7 Å². The van der Waals surface area contributed by atoms with Gasteiger partial charge < -0.3 is 14.6 Å². The molecule has 36 heavy (non-hydrogen) atoms. The number of anilines is 1. The predicted molar refractivity (Wildman–Crippen MR) is 135 cm³/mol. The Morgan fingerprint density at radius 1 is 1.06 bits per heavy atom. The Labute approximate surface area is 214 Å². The number of nitrogens with zero attached hydrogens (tertiary/aromatic N) is 2. The number of hydrogen-bond acceptors (Lipinski definition) is 7. The van der Waals surface area contributed by atoms with Gasteiger partial charge in [-0.05, 0) is 60.7 Å². The number of amides is 1. The molecule has 1 aliphatic heterocycles. The van der Waals surface area contributed by atoms with Crippen LogP contribution in [0.15, 0.2) is 66.2 Å². The fourth-order valence-corrected chi connectivity index (χ4v) is 5.27. The zero-order valence-corrected chi connectivity index (χ0v) is 20.6. The third-order valence-electron chi connectivity index (χ3n) is 5.84. The quantitative estimate of drug-likeness (QED) is 0.204. The molecule has 7 nitrogen and oxygen atoms in total. The van der Waals surface area contributed by atoms with Gasteiger partial charge in [-0.25, -0.2) is 9.37 Å². The minimum Gasteiger partial charge on any atom is -0.507 e. The van der Waals surface area contributed by atoms with E-state index in [4.69, 9.17) is 21.1 Å². The van der Waals surface area contributed by atoms with Crippen molar-refractivity contribution < 1.29 is 28.6 Å². The first kappa shape index (κ1) is 23.8. The Bertz CT molecular complexity index is 1550. The molecular formula is C26H18ClFN2O5S. The fraction of sp³-hybridized carbons (Fsp3) is 0.115. The first-order valence-corrected chi connectivity index (χ1v) is 11.9. The topological polar surface area (TPSA) is 89.0 Å². The van der Waals surface area contributed by atoms with Crippen molar-refractivity contribution in [3.63, 3.8) is 0 Å². The number of thiazole rings is 1. The molecule has 1 aromatic heterocycles. The van der Waals surface area contributed by atoms with Gasteiger partial charge in [0.2, 0.25) is 0 Å². The SMILES string of the molecule is COc1ccc(OC)c([C@@H]2C(=C(O)c3ccc(Cl)cc3)C(=O)C(=O)N2c2nc3ccc(F)cc3s2)c1. The van der Waals surface area contributed by atoms with E-state index in [0.717, 1.165) is 11.3 Å². The highest BCUT2D eigenvalue weighted by molar-refractivity contribution is 7.22. The number of carbonyl (C=O) groups excluding carboxylic acids is 2. The summed E-state index contributed by atoms with van der Waals surface area (Å²) in [4.78, 5) is 32.5.